The van der Waals surface area contributed by atoms with Crippen molar-refractivity contribution >= 4 is 12.0 Å². The predicted molar refractivity (Wildman–Crippen MR) is 73.2 cm³/mol. The SMILES string of the molecule is CN1[C@H](c2ccccc2)COC(=O)N1C(=O)c1ccco1. The highest BCUT2D eigenvalue weighted by Crippen LogP contribution is 2.27. The molecule has 0 saturated carbocycles. The predicted octanol–water partition coefficient (Wildman–Crippen LogP) is 2.46. The number of likely N-dealkylation sites (N-methyl/N-ethyl adjacent to an activating group) is 1. The molecule has 1 aromatic carbocycles. The number of carbonyl (C=O) groups is 2. The molecule has 108 valence electrons. The number of cyclic esters (lactones) is 1. The molecule has 1 fully saturated rings. The summed E-state index contributed by atoms with van der Waals surface area (Å²) in [6, 6.07) is 12.4. The molecule has 0 radical (unpaired) electrons. The monoisotopic (exact) mass is 286 g/mol. The zero-order chi connectivity index (χ0) is 14.8. The Labute approximate surface area is 121 Å². The molecule has 0 aliphatic carbocycles. The summed E-state index contributed by atoms with van der Waals surface area (Å²) >= 11 is 0. The molecule has 0 bridgehead atoms. The van der Waals surface area contributed by atoms with Crippen LogP contribution in [0.5, 0.6) is 0 Å². The second-order valence-electron chi connectivity index (χ2n) is 4.67. The summed E-state index contributed by atoms with van der Waals surface area (Å²) in [5.74, 6) is -0.458. The lowest BCUT2D eigenvalue weighted by molar-refractivity contribution is -0.0714. The minimum Gasteiger partial charge on any atom is -0.459 e. The summed E-state index contributed by atoms with van der Waals surface area (Å²) in [5.41, 5.74) is 0.963. The highest BCUT2D eigenvalue weighted by molar-refractivity contribution is 6.00. The molecule has 1 aliphatic heterocycles. The van der Waals surface area contributed by atoms with Gasteiger partial charge in [0.05, 0.1) is 12.3 Å². The maximum absolute atomic E-state index is 12.3. The summed E-state index contributed by atoms with van der Waals surface area (Å²) in [6.07, 6.45) is 0.683. The van der Waals surface area contributed by atoms with Crippen molar-refractivity contribution in [3.8, 4) is 0 Å². The van der Waals surface area contributed by atoms with Gasteiger partial charge < -0.3 is 9.15 Å². The van der Waals surface area contributed by atoms with Gasteiger partial charge in [0.1, 0.15) is 6.61 Å². The minimum atomic E-state index is -0.703. The first kappa shape index (κ1) is 13.4. The third kappa shape index (κ3) is 2.41. The fraction of sp³-hybridized carbons (Fsp3) is 0.200. The van der Waals surface area contributed by atoms with E-state index in [-0.39, 0.29) is 18.4 Å². The molecule has 1 aromatic heterocycles. The first-order valence-corrected chi connectivity index (χ1v) is 6.51. The first-order chi connectivity index (χ1) is 10.2. The zero-order valence-corrected chi connectivity index (χ0v) is 11.4. The van der Waals surface area contributed by atoms with E-state index in [1.165, 1.54) is 12.3 Å². The van der Waals surface area contributed by atoms with Gasteiger partial charge in [0.2, 0.25) is 0 Å². The Hall–Kier alpha value is -2.60. The number of hydrogen-bond acceptors (Lipinski definition) is 5. The molecule has 1 aliphatic rings. The molecule has 6 nitrogen and oxygen atoms in total. The molecule has 6 heteroatoms. The highest BCUT2D eigenvalue weighted by atomic mass is 16.6. The van der Waals surface area contributed by atoms with Crippen molar-refractivity contribution in [2.75, 3.05) is 13.7 Å². The van der Waals surface area contributed by atoms with Crippen molar-refractivity contribution in [3.05, 3.63) is 60.1 Å². The van der Waals surface area contributed by atoms with Crippen molar-refractivity contribution in [2.45, 2.75) is 6.04 Å². The van der Waals surface area contributed by atoms with Gasteiger partial charge in [-0.3, -0.25) is 4.79 Å². The third-order valence-corrected chi connectivity index (χ3v) is 3.41. The van der Waals surface area contributed by atoms with E-state index in [0.717, 1.165) is 10.6 Å². The van der Waals surface area contributed by atoms with Gasteiger partial charge in [-0.15, -0.1) is 0 Å². The number of carbonyl (C=O) groups excluding carboxylic acids is 2. The standard InChI is InChI=1S/C15H14N2O4/c1-16-12(11-6-3-2-4-7-11)10-21-15(19)17(16)14(18)13-8-5-9-20-13/h2-9,12H,10H2,1H3/t12-/m0/s1. The molecule has 2 heterocycles. The second-order valence-corrected chi connectivity index (χ2v) is 4.67. The van der Waals surface area contributed by atoms with Crippen molar-refractivity contribution in [2.24, 2.45) is 0 Å². The molecule has 2 amide bonds. The lowest BCUT2D eigenvalue weighted by Gasteiger charge is -2.39. The normalized spacial score (nSPS) is 19.4. The summed E-state index contributed by atoms with van der Waals surface area (Å²) in [7, 11) is 1.68. The summed E-state index contributed by atoms with van der Waals surface area (Å²) < 4.78 is 10.2. The lowest BCUT2D eigenvalue weighted by Crippen LogP contribution is -2.54. The van der Waals surface area contributed by atoms with Crippen LogP contribution in [0.4, 0.5) is 4.79 Å². The average Bonchev–Trinajstić information content (AvgIpc) is 3.02. The van der Waals surface area contributed by atoms with Crippen LogP contribution in [0.15, 0.2) is 53.1 Å². The fourth-order valence-corrected chi connectivity index (χ4v) is 2.31. The van der Waals surface area contributed by atoms with E-state index in [9.17, 15) is 9.59 Å². The van der Waals surface area contributed by atoms with Gasteiger partial charge in [0.15, 0.2) is 5.76 Å². The number of imide groups is 1. The van der Waals surface area contributed by atoms with E-state index in [0.29, 0.717) is 0 Å². The van der Waals surface area contributed by atoms with Crippen LogP contribution in [-0.4, -0.2) is 35.7 Å². The Morgan fingerprint density at radius 1 is 1.19 bits per heavy atom. The number of furan rings is 1. The topological polar surface area (TPSA) is 63.0 Å². The van der Waals surface area contributed by atoms with Gasteiger partial charge in [-0.1, -0.05) is 30.3 Å². The Morgan fingerprint density at radius 2 is 1.95 bits per heavy atom. The van der Waals surface area contributed by atoms with E-state index >= 15 is 0 Å². The van der Waals surface area contributed by atoms with Crippen molar-refractivity contribution in [3.63, 3.8) is 0 Å². The average molecular weight is 286 g/mol. The smallest absolute Gasteiger partial charge is 0.432 e. The van der Waals surface area contributed by atoms with Gasteiger partial charge in [-0.25, -0.2) is 9.80 Å². The number of benzene rings is 1. The maximum Gasteiger partial charge on any atom is 0.432 e. The molecule has 1 saturated heterocycles. The number of hydrogen-bond donors (Lipinski definition) is 0. The molecule has 0 N–H and O–H groups in total. The Bertz CT molecular complexity index is 639. The number of hydrazine groups is 1. The zero-order valence-electron chi connectivity index (χ0n) is 11.4. The first-order valence-electron chi connectivity index (χ1n) is 6.51. The van der Waals surface area contributed by atoms with E-state index < -0.39 is 12.0 Å². The van der Waals surface area contributed by atoms with Gasteiger partial charge in [-0.2, -0.15) is 5.01 Å². The molecule has 2 aromatic rings. The van der Waals surface area contributed by atoms with Gasteiger partial charge in [0, 0.05) is 7.05 Å². The van der Waals surface area contributed by atoms with Crippen molar-refractivity contribution < 1.29 is 18.7 Å². The Kier molecular flexibility index (Phi) is 3.45. The van der Waals surface area contributed by atoms with E-state index in [4.69, 9.17) is 9.15 Å². The van der Waals surface area contributed by atoms with Crippen molar-refractivity contribution in [1.82, 2.24) is 10.0 Å². The van der Waals surface area contributed by atoms with Crippen LogP contribution in [0.2, 0.25) is 0 Å². The summed E-state index contributed by atoms with van der Waals surface area (Å²) in [6.45, 7) is 0.196. The molecule has 0 unspecified atom stereocenters. The maximum atomic E-state index is 12.3. The highest BCUT2D eigenvalue weighted by Gasteiger charge is 2.39. The Morgan fingerprint density at radius 3 is 2.62 bits per heavy atom. The minimum absolute atomic E-state index is 0.0903. The fourth-order valence-electron chi connectivity index (χ4n) is 2.31. The quantitative estimate of drug-likeness (QED) is 0.848. The van der Waals surface area contributed by atoms with Crippen LogP contribution in [0.1, 0.15) is 22.2 Å². The molecule has 3 rings (SSSR count). The lowest BCUT2D eigenvalue weighted by atomic mass is 10.1. The summed E-state index contributed by atoms with van der Waals surface area (Å²) in [5, 5.41) is 2.53. The van der Waals surface area contributed by atoms with Crippen LogP contribution >= 0.6 is 0 Å². The van der Waals surface area contributed by atoms with Crippen LogP contribution < -0.4 is 0 Å². The van der Waals surface area contributed by atoms with Crippen molar-refractivity contribution in [1.29, 1.82) is 0 Å². The van der Waals surface area contributed by atoms with Crippen LogP contribution in [0.25, 0.3) is 0 Å². The van der Waals surface area contributed by atoms with Gasteiger partial charge in [0.25, 0.3) is 0 Å². The van der Waals surface area contributed by atoms with Gasteiger partial charge >= 0.3 is 12.0 Å². The van der Waals surface area contributed by atoms with Gasteiger partial charge in [-0.05, 0) is 17.7 Å². The molecule has 0 spiro atoms. The van der Waals surface area contributed by atoms with E-state index in [1.54, 1.807) is 18.1 Å². The number of rotatable bonds is 2. The van der Waals surface area contributed by atoms with E-state index in [2.05, 4.69) is 0 Å². The third-order valence-electron chi connectivity index (χ3n) is 3.41. The number of amides is 2. The largest absolute Gasteiger partial charge is 0.459 e. The molecular formula is C15H14N2O4. The van der Waals surface area contributed by atoms with Crippen LogP contribution in [0.3, 0.4) is 0 Å². The van der Waals surface area contributed by atoms with Crippen LogP contribution in [0, 0.1) is 0 Å². The second kappa shape index (κ2) is 5.41. The molecular weight excluding hydrogens is 272 g/mol. The van der Waals surface area contributed by atoms with E-state index in [1.807, 2.05) is 30.3 Å². The van der Waals surface area contributed by atoms with Crippen LogP contribution in [-0.2, 0) is 4.74 Å². The Balaban J connectivity index is 1.89. The molecule has 1 atom stereocenters. The summed E-state index contributed by atoms with van der Waals surface area (Å²) in [4.78, 5) is 24.3. The molecule has 21 heavy (non-hydrogen) atoms. The number of ether oxygens (including phenoxy) is 1. The number of nitrogens with zero attached hydrogens (tertiary/aromatic N) is 2.